The molecule has 1 aliphatic heterocycles. The van der Waals surface area contributed by atoms with E-state index in [0.717, 1.165) is 5.56 Å². The molecule has 2 aromatic rings. The highest BCUT2D eigenvalue weighted by molar-refractivity contribution is 6.30. The van der Waals surface area contributed by atoms with Crippen LogP contribution in [-0.4, -0.2) is 41.9 Å². The molecule has 1 fully saturated rings. The van der Waals surface area contributed by atoms with Gasteiger partial charge in [-0.1, -0.05) is 29.8 Å². The minimum Gasteiger partial charge on any atom is -0.336 e. The standard InChI is InChI=1S/C19H17ClFN3O/c20-16-3-1-2-15(12-16)19(25)24-10-8-23(9-11-24)18(13-22)14-4-6-17(21)7-5-14/h1-7,12,18H,8-11H2/t18-/m0/s1. The first-order valence-corrected chi connectivity index (χ1v) is 8.40. The van der Waals surface area contributed by atoms with Gasteiger partial charge in [0.15, 0.2) is 0 Å². The van der Waals surface area contributed by atoms with Crippen molar-refractivity contribution in [2.24, 2.45) is 0 Å². The van der Waals surface area contributed by atoms with E-state index < -0.39 is 6.04 Å². The molecule has 2 aromatic carbocycles. The molecular weight excluding hydrogens is 341 g/mol. The molecule has 0 unspecified atom stereocenters. The Bertz CT molecular complexity index is 795. The number of carbonyl (C=O) groups is 1. The fraction of sp³-hybridized carbons (Fsp3) is 0.263. The molecule has 0 aliphatic carbocycles. The van der Waals surface area contributed by atoms with Gasteiger partial charge in [-0.15, -0.1) is 0 Å². The summed E-state index contributed by atoms with van der Waals surface area (Å²) in [5.41, 5.74) is 1.33. The molecule has 1 saturated heterocycles. The number of nitrogens with zero attached hydrogens (tertiary/aromatic N) is 3. The van der Waals surface area contributed by atoms with Crippen molar-refractivity contribution in [2.45, 2.75) is 6.04 Å². The molecule has 0 saturated carbocycles. The molecule has 0 spiro atoms. The van der Waals surface area contributed by atoms with E-state index in [9.17, 15) is 14.4 Å². The van der Waals surface area contributed by atoms with Crippen LogP contribution in [0.1, 0.15) is 22.0 Å². The van der Waals surface area contributed by atoms with Crippen molar-refractivity contribution in [1.29, 1.82) is 5.26 Å². The summed E-state index contributed by atoms with van der Waals surface area (Å²) in [4.78, 5) is 16.3. The maximum absolute atomic E-state index is 13.1. The van der Waals surface area contributed by atoms with Crippen molar-refractivity contribution in [1.82, 2.24) is 9.80 Å². The summed E-state index contributed by atoms with van der Waals surface area (Å²) >= 11 is 5.95. The number of hydrogen-bond donors (Lipinski definition) is 0. The zero-order chi connectivity index (χ0) is 17.8. The highest BCUT2D eigenvalue weighted by Crippen LogP contribution is 2.22. The Hall–Kier alpha value is -2.42. The SMILES string of the molecule is N#C[C@@H](c1ccc(F)cc1)N1CCN(C(=O)c2cccc(Cl)c2)CC1. The van der Waals surface area contributed by atoms with Gasteiger partial charge in [-0.2, -0.15) is 5.26 Å². The third kappa shape index (κ3) is 3.98. The summed E-state index contributed by atoms with van der Waals surface area (Å²) in [6, 6.07) is 14.7. The highest BCUT2D eigenvalue weighted by atomic mass is 35.5. The Labute approximate surface area is 151 Å². The number of nitriles is 1. The predicted octanol–water partition coefficient (Wildman–Crippen LogP) is 3.50. The first-order valence-electron chi connectivity index (χ1n) is 8.02. The molecule has 25 heavy (non-hydrogen) atoms. The van der Waals surface area contributed by atoms with Crippen LogP contribution in [0.15, 0.2) is 48.5 Å². The molecule has 0 radical (unpaired) electrons. The summed E-state index contributed by atoms with van der Waals surface area (Å²) in [5, 5.41) is 10.0. The Morgan fingerprint density at radius 1 is 1.12 bits per heavy atom. The molecule has 1 amide bonds. The summed E-state index contributed by atoms with van der Waals surface area (Å²) in [5.74, 6) is -0.380. The molecule has 128 valence electrons. The second-order valence-electron chi connectivity index (χ2n) is 5.92. The van der Waals surface area contributed by atoms with E-state index in [-0.39, 0.29) is 11.7 Å². The molecule has 0 N–H and O–H groups in total. The van der Waals surface area contributed by atoms with Gasteiger partial charge in [0.05, 0.1) is 6.07 Å². The highest BCUT2D eigenvalue weighted by Gasteiger charge is 2.27. The Kier molecular flexibility index (Phi) is 5.32. The molecule has 1 aliphatic rings. The van der Waals surface area contributed by atoms with Crippen LogP contribution >= 0.6 is 11.6 Å². The van der Waals surface area contributed by atoms with Crippen LogP contribution in [0.3, 0.4) is 0 Å². The van der Waals surface area contributed by atoms with Gasteiger partial charge in [0, 0.05) is 36.8 Å². The average molecular weight is 358 g/mol. The Morgan fingerprint density at radius 3 is 2.40 bits per heavy atom. The van der Waals surface area contributed by atoms with E-state index in [4.69, 9.17) is 11.6 Å². The molecule has 1 heterocycles. The van der Waals surface area contributed by atoms with Crippen LogP contribution in [-0.2, 0) is 0 Å². The number of halogens is 2. The van der Waals surface area contributed by atoms with Gasteiger partial charge >= 0.3 is 0 Å². The third-order valence-electron chi connectivity index (χ3n) is 4.35. The van der Waals surface area contributed by atoms with E-state index in [1.54, 1.807) is 41.3 Å². The monoisotopic (exact) mass is 357 g/mol. The lowest BCUT2D eigenvalue weighted by molar-refractivity contribution is 0.0606. The van der Waals surface area contributed by atoms with Crippen LogP contribution in [0.4, 0.5) is 4.39 Å². The number of amides is 1. The fourth-order valence-corrected chi connectivity index (χ4v) is 3.19. The number of benzene rings is 2. The van der Waals surface area contributed by atoms with Gasteiger partial charge in [0.2, 0.25) is 0 Å². The zero-order valence-corrected chi connectivity index (χ0v) is 14.3. The number of rotatable bonds is 3. The van der Waals surface area contributed by atoms with Crippen molar-refractivity contribution in [3.63, 3.8) is 0 Å². The minimum atomic E-state index is -0.441. The van der Waals surface area contributed by atoms with Crippen LogP contribution in [0.25, 0.3) is 0 Å². The first-order chi connectivity index (χ1) is 12.1. The third-order valence-corrected chi connectivity index (χ3v) is 4.58. The maximum atomic E-state index is 13.1. The van der Waals surface area contributed by atoms with Gasteiger partial charge in [-0.25, -0.2) is 4.39 Å². The lowest BCUT2D eigenvalue weighted by Gasteiger charge is -2.37. The van der Waals surface area contributed by atoms with Gasteiger partial charge in [0.25, 0.3) is 5.91 Å². The molecular formula is C19H17ClFN3O. The van der Waals surface area contributed by atoms with Crippen LogP contribution < -0.4 is 0 Å². The van der Waals surface area contributed by atoms with Gasteiger partial charge in [-0.3, -0.25) is 9.69 Å². The molecule has 6 heteroatoms. The summed E-state index contributed by atoms with van der Waals surface area (Å²) in [6.45, 7) is 2.24. The number of piperazine rings is 1. The van der Waals surface area contributed by atoms with E-state index >= 15 is 0 Å². The lowest BCUT2D eigenvalue weighted by atomic mass is 10.1. The van der Waals surface area contributed by atoms with Gasteiger partial charge in [0.1, 0.15) is 11.9 Å². The van der Waals surface area contributed by atoms with E-state index in [1.165, 1.54) is 12.1 Å². The van der Waals surface area contributed by atoms with Crippen molar-refractivity contribution in [3.05, 3.63) is 70.5 Å². The largest absolute Gasteiger partial charge is 0.336 e. The molecule has 3 rings (SSSR count). The first kappa shape index (κ1) is 17.4. The Balaban J connectivity index is 1.65. The van der Waals surface area contributed by atoms with Crippen molar-refractivity contribution in [3.8, 4) is 6.07 Å². The normalized spacial score (nSPS) is 16.3. The van der Waals surface area contributed by atoms with Crippen molar-refractivity contribution in [2.75, 3.05) is 26.2 Å². The number of hydrogen-bond acceptors (Lipinski definition) is 3. The van der Waals surface area contributed by atoms with Crippen LogP contribution in [0.5, 0.6) is 0 Å². The summed E-state index contributed by atoms with van der Waals surface area (Å²) in [7, 11) is 0. The van der Waals surface area contributed by atoms with E-state index in [1.807, 2.05) is 4.90 Å². The quantitative estimate of drug-likeness (QED) is 0.844. The van der Waals surface area contributed by atoms with Crippen molar-refractivity contribution < 1.29 is 9.18 Å². The maximum Gasteiger partial charge on any atom is 0.253 e. The van der Waals surface area contributed by atoms with E-state index in [2.05, 4.69) is 6.07 Å². The number of carbonyl (C=O) groups excluding carboxylic acids is 1. The smallest absolute Gasteiger partial charge is 0.253 e. The van der Waals surface area contributed by atoms with Crippen molar-refractivity contribution >= 4 is 17.5 Å². The molecule has 4 nitrogen and oxygen atoms in total. The second kappa shape index (κ2) is 7.64. The Morgan fingerprint density at radius 2 is 1.80 bits per heavy atom. The molecule has 1 atom stereocenters. The fourth-order valence-electron chi connectivity index (χ4n) is 3.00. The average Bonchev–Trinajstić information content (AvgIpc) is 2.64. The zero-order valence-electron chi connectivity index (χ0n) is 13.5. The topological polar surface area (TPSA) is 47.3 Å². The second-order valence-corrected chi connectivity index (χ2v) is 6.36. The summed E-state index contributed by atoms with van der Waals surface area (Å²) < 4.78 is 13.1. The minimum absolute atomic E-state index is 0.0579. The predicted molar refractivity (Wildman–Crippen MR) is 93.7 cm³/mol. The lowest BCUT2D eigenvalue weighted by Crippen LogP contribution is -2.49. The molecule has 0 bridgehead atoms. The molecule has 0 aromatic heterocycles. The van der Waals surface area contributed by atoms with Gasteiger partial charge in [-0.05, 0) is 35.9 Å². The van der Waals surface area contributed by atoms with E-state index in [0.29, 0.717) is 36.8 Å². The summed E-state index contributed by atoms with van der Waals surface area (Å²) in [6.07, 6.45) is 0. The van der Waals surface area contributed by atoms with Gasteiger partial charge < -0.3 is 4.90 Å². The van der Waals surface area contributed by atoms with Crippen LogP contribution in [0, 0.1) is 17.1 Å². The van der Waals surface area contributed by atoms with Crippen LogP contribution in [0.2, 0.25) is 5.02 Å².